The molecule has 2 aromatic carbocycles. The van der Waals surface area contributed by atoms with E-state index in [0.29, 0.717) is 128 Å². The lowest BCUT2D eigenvalue weighted by molar-refractivity contribution is -0.139. The van der Waals surface area contributed by atoms with Crippen molar-refractivity contribution in [1.29, 1.82) is 0 Å². The molecule has 0 radical (unpaired) electrons. The van der Waals surface area contributed by atoms with E-state index < -0.39 is 51.9 Å². The summed E-state index contributed by atoms with van der Waals surface area (Å²) in [5, 5.41) is 33.8. The molecule has 2 aromatic heterocycles. The Labute approximate surface area is 508 Å². The minimum atomic E-state index is -4.45. The van der Waals surface area contributed by atoms with Gasteiger partial charge in [0.2, 0.25) is 33.2 Å². The van der Waals surface area contributed by atoms with Crippen molar-refractivity contribution in [1.82, 2.24) is 60.1 Å². The fourth-order valence-electron chi connectivity index (χ4n) is 9.44. The molecule has 1 fully saturated rings. The number of carbonyl (C=O) groups is 6. The number of aryl methyl sites for hydroxylation is 3. The minimum Gasteiger partial charge on any atom is -0.494 e. The second kappa shape index (κ2) is 36.9. The highest BCUT2D eigenvalue weighted by Crippen LogP contribution is 2.26. The highest BCUT2D eigenvalue weighted by Gasteiger charge is 2.30. The molecule has 28 nitrogen and oxygen atoms in total. The standard InChI is InChI=1S/C58H89N13O15S/c1-7-47(65-51(73)39-70-22-20-67(4)18-19-68(5)21-23-71(25-24-70)40-52(74)75)56(78)60-15-10-27-84-30-32-85-31-29-83-26-9-14-59-50(72)11-8-28-86-44-33-41(2)54(42(3)34-44)87(81,82)66-48(57(79)80)37-63-55(77)46-38-69(6)49-35-43(12-13-45(49)53(46)76)36-64-58-61-16-17-62-58/h12-13,16-17,33-35,38,47-48,66H,7-11,14-15,18-32,36-37,39-40H2,1-6H3,(H,59,72)(H,60,78)(H,63,77)(H,65,73)(H,74,75)(H,79,80)(H2,61,62,64). The zero-order valence-electron chi connectivity index (χ0n) is 51.0. The zero-order chi connectivity index (χ0) is 63.3. The van der Waals surface area contributed by atoms with Crippen LogP contribution in [-0.4, -0.2) is 246 Å². The second-order valence-corrected chi connectivity index (χ2v) is 23.1. The van der Waals surface area contributed by atoms with Crippen molar-refractivity contribution in [2.24, 2.45) is 7.05 Å². The SMILES string of the molecule is CCC(NC(=O)CN1CCN(C)CCN(C)CCN(CC(=O)O)CC1)C(=O)NCCCOCCOCCOCCCNC(=O)CCCOc1cc(C)c(S(=O)(=O)NC(CNC(=O)c2cn(C)c3cc(CNc4ncc[nH]4)ccc3c2=O)C(=O)O)c(C)c1. The summed E-state index contributed by atoms with van der Waals surface area (Å²) in [6.07, 6.45) is 6.77. The number of carboxylic acids is 2. The van der Waals surface area contributed by atoms with Crippen LogP contribution in [0.1, 0.15) is 66.1 Å². The average Bonchev–Trinajstić information content (AvgIpc) is 1.58. The van der Waals surface area contributed by atoms with Crippen LogP contribution in [0.2, 0.25) is 0 Å². The van der Waals surface area contributed by atoms with Gasteiger partial charge in [0, 0.05) is 129 Å². The second-order valence-electron chi connectivity index (χ2n) is 21.5. The van der Waals surface area contributed by atoms with Gasteiger partial charge in [-0.15, -0.1) is 0 Å². The van der Waals surface area contributed by atoms with Crippen LogP contribution in [0.15, 0.2) is 58.6 Å². The Morgan fingerprint density at radius 1 is 0.724 bits per heavy atom. The summed E-state index contributed by atoms with van der Waals surface area (Å²) < 4.78 is 53.7. The average molecular weight is 1240 g/mol. The van der Waals surface area contributed by atoms with E-state index >= 15 is 0 Å². The predicted molar refractivity (Wildman–Crippen MR) is 325 cm³/mol. The summed E-state index contributed by atoms with van der Waals surface area (Å²) in [4.78, 5) is 104. The van der Waals surface area contributed by atoms with Crippen LogP contribution in [-0.2, 0) is 61.8 Å². The molecule has 87 heavy (non-hydrogen) atoms. The van der Waals surface area contributed by atoms with Crippen LogP contribution in [0, 0.1) is 13.8 Å². The number of anilines is 1. The highest BCUT2D eigenvalue weighted by atomic mass is 32.2. The Balaban J connectivity index is 0.882. The Kier molecular flexibility index (Phi) is 30.0. The molecule has 0 bridgehead atoms. The Hall–Kier alpha value is -7.09. The number of nitrogens with zero attached hydrogens (tertiary/aromatic N) is 6. The number of carboxylic acid groups (broad SMARTS) is 2. The van der Waals surface area contributed by atoms with Gasteiger partial charge in [-0.1, -0.05) is 13.0 Å². The van der Waals surface area contributed by atoms with Crippen molar-refractivity contribution in [3.05, 3.63) is 81.4 Å². The van der Waals surface area contributed by atoms with Crippen molar-refractivity contribution in [2.45, 2.75) is 76.4 Å². The number of aromatic amines is 1. The van der Waals surface area contributed by atoms with Gasteiger partial charge in [0.05, 0.1) is 56.5 Å². The van der Waals surface area contributed by atoms with Crippen LogP contribution in [0.4, 0.5) is 5.95 Å². The number of amides is 4. The van der Waals surface area contributed by atoms with Crippen LogP contribution < -0.4 is 41.5 Å². The van der Waals surface area contributed by atoms with E-state index in [1.807, 2.05) is 30.8 Å². The van der Waals surface area contributed by atoms with E-state index in [4.69, 9.17) is 18.9 Å². The number of pyridine rings is 1. The van der Waals surface area contributed by atoms with Crippen molar-refractivity contribution in [2.75, 3.05) is 151 Å². The fourth-order valence-corrected chi connectivity index (χ4v) is 11.1. The summed E-state index contributed by atoms with van der Waals surface area (Å²) in [7, 11) is 1.28. The highest BCUT2D eigenvalue weighted by molar-refractivity contribution is 7.89. The molecule has 0 spiro atoms. The largest absolute Gasteiger partial charge is 0.494 e. The Morgan fingerprint density at radius 2 is 1.32 bits per heavy atom. The zero-order valence-corrected chi connectivity index (χ0v) is 51.8. The fraction of sp³-hybridized carbons (Fsp3) is 0.586. The number of carbonyl (C=O) groups excluding carboxylic acids is 4. The number of aliphatic carboxylic acids is 2. The van der Waals surface area contributed by atoms with Gasteiger partial charge in [-0.25, -0.2) is 13.4 Å². The molecular formula is C58H89N13O15S. The third-order valence-electron chi connectivity index (χ3n) is 14.3. The van der Waals surface area contributed by atoms with Gasteiger partial charge in [-0.05, 0) is 94.6 Å². The minimum absolute atomic E-state index is 0.0680. The van der Waals surface area contributed by atoms with Gasteiger partial charge in [-0.2, -0.15) is 4.72 Å². The molecule has 1 aliphatic heterocycles. The lowest BCUT2D eigenvalue weighted by Gasteiger charge is -2.31. The van der Waals surface area contributed by atoms with Crippen molar-refractivity contribution < 1.29 is 66.3 Å². The number of hydrogen-bond donors (Lipinski definition) is 9. The summed E-state index contributed by atoms with van der Waals surface area (Å²) in [6, 6.07) is 5.65. The van der Waals surface area contributed by atoms with Crippen LogP contribution in [0.5, 0.6) is 5.75 Å². The third kappa shape index (κ3) is 24.9. The smallest absolute Gasteiger partial charge is 0.323 e. The van der Waals surface area contributed by atoms with E-state index in [2.05, 4.69) is 51.1 Å². The number of benzene rings is 2. The van der Waals surface area contributed by atoms with Crippen molar-refractivity contribution >= 4 is 62.4 Å². The first-order valence-electron chi connectivity index (χ1n) is 29.4. The molecule has 2 atom stereocenters. The summed E-state index contributed by atoms with van der Waals surface area (Å²) in [6.45, 7) is 13.4. The molecule has 0 saturated carbocycles. The molecule has 4 amide bonds. The third-order valence-corrected chi connectivity index (χ3v) is 16.1. The van der Waals surface area contributed by atoms with E-state index in [-0.39, 0.29) is 70.8 Å². The predicted octanol–water partition coefficient (Wildman–Crippen LogP) is 0.334. The van der Waals surface area contributed by atoms with Crippen molar-refractivity contribution in [3.8, 4) is 5.75 Å². The molecule has 5 rings (SSSR count). The summed E-state index contributed by atoms with van der Waals surface area (Å²) in [5.74, 6) is -3.09. The van der Waals surface area contributed by atoms with E-state index in [0.717, 1.165) is 31.7 Å². The van der Waals surface area contributed by atoms with Crippen LogP contribution in [0.3, 0.4) is 0 Å². The number of rotatable bonds is 36. The summed E-state index contributed by atoms with van der Waals surface area (Å²) >= 11 is 0. The first kappa shape index (κ1) is 70.7. The first-order chi connectivity index (χ1) is 41.6. The maximum absolute atomic E-state index is 13.6. The number of likely N-dealkylation sites (N-methyl/N-ethyl adjacent to an activating group) is 2. The molecule has 3 heterocycles. The molecule has 1 aliphatic rings. The van der Waals surface area contributed by atoms with Gasteiger partial charge in [0.25, 0.3) is 5.91 Å². The number of sulfonamides is 1. The maximum Gasteiger partial charge on any atom is 0.323 e. The number of H-pyrrole nitrogens is 1. The number of aromatic nitrogens is 3. The van der Waals surface area contributed by atoms with Gasteiger partial charge < -0.3 is 75.1 Å². The van der Waals surface area contributed by atoms with E-state index in [9.17, 15) is 52.2 Å². The van der Waals surface area contributed by atoms with Crippen LogP contribution >= 0.6 is 0 Å². The lowest BCUT2D eigenvalue weighted by Crippen LogP contribution is -2.51. The quantitative estimate of drug-likeness (QED) is 0.0277. The number of nitrogens with one attached hydrogen (secondary N) is 7. The molecule has 9 N–H and O–H groups in total. The molecular weight excluding hydrogens is 1150 g/mol. The van der Waals surface area contributed by atoms with Crippen molar-refractivity contribution in [3.63, 3.8) is 0 Å². The monoisotopic (exact) mass is 1240 g/mol. The Morgan fingerprint density at radius 3 is 1.92 bits per heavy atom. The molecule has 29 heteroatoms. The normalized spacial score (nSPS) is 15.0. The first-order valence-corrected chi connectivity index (χ1v) is 30.9. The van der Waals surface area contributed by atoms with Gasteiger partial charge in [0.15, 0.2) is 5.95 Å². The maximum atomic E-state index is 13.6. The molecule has 1 saturated heterocycles. The number of ether oxygens (including phenoxy) is 4. The van der Waals surface area contributed by atoms with Gasteiger partial charge >= 0.3 is 11.9 Å². The molecule has 482 valence electrons. The van der Waals surface area contributed by atoms with Crippen LogP contribution in [0.25, 0.3) is 10.9 Å². The molecule has 0 aliphatic carbocycles. The number of fused-ring (bicyclic) bond motifs is 1. The van der Waals surface area contributed by atoms with Gasteiger partial charge in [0.1, 0.15) is 23.4 Å². The molecule has 2 unspecified atom stereocenters. The van der Waals surface area contributed by atoms with E-state index in [1.165, 1.54) is 32.2 Å². The number of imidazole rings is 1. The molecule has 4 aromatic rings. The van der Waals surface area contributed by atoms with E-state index in [1.54, 1.807) is 42.2 Å². The summed E-state index contributed by atoms with van der Waals surface area (Å²) in [5.41, 5.74) is 1.12. The topological polar surface area (TPSA) is 350 Å². The lowest BCUT2D eigenvalue weighted by atomic mass is 10.1. The Bertz CT molecular complexity index is 3020. The number of hydrogen-bond acceptors (Lipinski definition) is 19. The van der Waals surface area contributed by atoms with Gasteiger partial charge in [-0.3, -0.25) is 43.4 Å².